The van der Waals surface area contributed by atoms with Crippen LogP contribution >= 0.6 is 11.6 Å². The Labute approximate surface area is 187 Å². The summed E-state index contributed by atoms with van der Waals surface area (Å²) in [6.45, 7) is 0.0592. The van der Waals surface area contributed by atoms with Crippen molar-refractivity contribution >= 4 is 32.5 Å². The quantitative estimate of drug-likeness (QED) is 0.381. The minimum atomic E-state index is -4.44. The van der Waals surface area contributed by atoms with E-state index in [2.05, 4.69) is 9.71 Å². The molecule has 1 N–H and O–H groups in total. The van der Waals surface area contributed by atoms with E-state index in [0.717, 1.165) is 28.6 Å². The van der Waals surface area contributed by atoms with Crippen LogP contribution in [0.25, 0.3) is 22.0 Å². The van der Waals surface area contributed by atoms with Crippen LogP contribution in [0.3, 0.4) is 0 Å². The van der Waals surface area contributed by atoms with E-state index in [1.807, 2.05) is 24.3 Å². The van der Waals surface area contributed by atoms with Crippen LogP contribution in [0, 0.1) is 0 Å². The number of sulfonamides is 1. The van der Waals surface area contributed by atoms with E-state index in [0.29, 0.717) is 11.1 Å². The number of halogens is 4. The Hall–Kier alpha value is -2.94. The first-order valence-corrected chi connectivity index (χ1v) is 11.3. The van der Waals surface area contributed by atoms with Crippen molar-refractivity contribution in [3.8, 4) is 11.1 Å². The Morgan fingerprint density at radius 3 is 2.34 bits per heavy atom. The number of nitrogens with one attached hydrogen (secondary N) is 1. The highest BCUT2D eigenvalue weighted by Crippen LogP contribution is 2.34. The summed E-state index contributed by atoms with van der Waals surface area (Å²) in [5.74, 6) is 0. The van der Waals surface area contributed by atoms with Crippen molar-refractivity contribution < 1.29 is 21.6 Å². The van der Waals surface area contributed by atoms with E-state index in [1.165, 1.54) is 30.3 Å². The van der Waals surface area contributed by atoms with Gasteiger partial charge in [0.15, 0.2) is 0 Å². The Balaban J connectivity index is 1.56. The predicted octanol–water partition coefficient (Wildman–Crippen LogP) is 6.05. The zero-order valence-corrected chi connectivity index (χ0v) is 18.0. The second kappa shape index (κ2) is 8.54. The van der Waals surface area contributed by atoms with Gasteiger partial charge in [0.2, 0.25) is 10.0 Å². The largest absolute Gasteiger partial charge is 0.416 e. The molecule has 0 bridgehead atoms. The molecule has 0 unspecified atom stereocenters. The SMILES string of the molecule is O=S(=O)(NCc1ccnc2ccccc12)c1ccc(-c2ccc(C(F)(F)F)cc2)c(Cl)c1. The number of para-hydroxylation sites is 1. The highest BCUT2D eigenvalue weighted by molar-refractivity contribution is 7.89. The first-order valence-electron chi connectivity index (χ1n) is 9.45. The van der Waals surface area contributed by atoms with Crippen LogP contribution < -0.4 is 4.72 Å². The number of hydrogen-bond acceptors (Lipinski definition) is 3. The van der Waals surface area contributed by atoms with E-state index in [9.17, 15) is 21.6 Å². The molecule has 0 radical (unpaired) electrons. The molecule has 9 heteroatoms. The zero-order chi connectivity index (χ0) is 22.9. The number of fused-ring (bicyclic) bond motifs is 1. The summed E-state index contributed by atoms with van der Waals surface area (Å²) in [7, 11) is -3.88. The summed E-state index contributed by atoms with van der Waals surface area (Å²) in [5, 5.41) is 0.954. The van der Waals surface area contributed by atoms with Gasteiger partial charge in [0, 0.05) is 28.7 Å². The van der Waals surface area contributed by atoms with Crippen LogP contribution in [0.15, 0.2) is 83.9 Å². The van der Waals surface area contributed by atoms with Gasteiger partial charge in [-0.1, -0.05) is 48.0 Å². The van der Waals surface area contributed by atoms with Crippen molar-refractivity contribution in [2.24, 2.45) is 0 Å². The number of pyridine rings is 1. The average Bonchev–Trinajstić information content (AvgIpc) is 2.77. The van der Waals surface area contributed by atoms with Gasteiger partial charge in [0.1, 0.15) is 0 Å². The van der Waals surface area contributed by atoms with Crippen molar-refractivity contribution in [2.75, 3.05) is 0 Å². The molecule has 0 aliphatic heterocycles. The fraction of sp³-hybridized carbons (Fsp3) is 0.0870. The van der Waals surface area contributed by atoms with E-state index < -0.39 is 21.8 Å². The molecule has 0 saturated heterocycles. The molecular weight excluding hydrogens is 461 g/mol. The minimum absolute atomic E-state index is 0.0449. The molecule has 0 aliphatic rings. The van der Waals surface area contributed by atoms with Gasteiger partial charge in [-0.25, -0.2) is 13.1 Å². The summed E-state index contributed by atoms with van der Waals surface area (Å²) in [5.41, 5.74) is 1.63. The van der Waals surface area contributed by atoms with Crippen LogP contribution in [0.4, 0.5) is 13.2 Å². The maximum absolute atomic E-state index is 12.8. The topological polar surface area (TPSA) is 59.1 Å². The molecular formula is C23H16ClF3N2O2S. The van der Waals surface area contributed by atoms with E-state index in [4.69, 9.17) is 11.6 Å². The van der Waals surface area contributed by atoms with Crippen LogP contribution in [0.1, 0.15) is 11.1 Å². The van der Waals surface area contributed by atoms with E-state index in [-0.39, 0.29) is 16.5 Å². The number of benzene rings is 3. The standard InChI is InChI=1S/C23H16ClF3N2O2S/c24-21-13-18(9-10-19(21)15-5-7-17(8-6-15)23(25,26)27)32(30,31)29-14-16-11-12-28-22-4-2-1-3-20(16)22/h1-13,29H,14H2. The summed E-state index contributed by atoms with van der Waals surface area (Å²) in [6, 6.07) is 17.8. The van der Waals surface area contributed by atoms with Crippen molar-refractivity contribution in [1.29, 1.82) is 0 Å². The Morgan fingerprint density at radius 2 is 1.66 bits per heavy atom. The third kappa shape index (κ3) is 4.62. The van der Waals surface area contributed by atoms with E-state index in [1.54, 1.807) is 12.3 Å². The monoisotopic (exact) mass is 476 g/mol. The fourth-order valence-corrected chi connectivity index (χ4v) is 4.69. The Bertz CT molecular complexity index is 1380. The van der Waals surface area contributed by atoms with Gasteiger partial charge in [-0.15, -0.1) is 0 Å². The minimum Gasteiger partial charge on any atom is -0.256 e. The third-order valence-corrected chi connectivity index (χ3v) is 6.68. The normalized spacial score (nSPS) is 12.2. The molecule has 0 fully saturated rings. The molecule has 4 nitrogen and oxygen atoms in total. The number of alkyl halides is 3. The second-order valence-corrected chi connectivity index (χ2v) is 9.20. The summed E-state index contributed by atoms with van der Waals surface area (Å²) in [4.78, 5) is 4.21. The Morgan fingerprint density at radius 1 is 0.938 bits per heavy atom. The molecule has 0 spiro atoms. The summed E-state index contributed by atoms with van der Waals surface area (Å²) >= 11 is 6.27. The lowest BCUT2D eigenvalue weighted by atomic mass is 10.0. The molecule has 164 valence electrons. The zero-order valence-electron chi connectivity index (χ0n) is 16.4. The predicted molar refractivity (Wildman–Crippen MR) is 118 cm³/mol. The molecule has 1 aromatic heterocycles. The van der Waals surface area contributed by atoms with Crippen LogP contribution in [-0.4, -0.2) is 13.4 Å². The van der Waals surface area contributed by atoms with Gasteiger partial charge in [-0.3, -0.25) is 4.98 Å². The smallest absolute Gasteiger partial charge is 0.256 e. The molecule has 4 aromatic rings. The van der Waals surface area contributed by atoms with Gasteiger partial charge < -0.3 is 0 Å². The fourth-order valence-electron chi connectivity index (χ4n) is 3.30. The molecule has 0 atom stereocenters. The lowest BCUT2D eigenvalue weighted by Crippen LogP contribution is -2.23. The van der Waals surface area contributed by atoms with Crippen molar-refractivity contribution in [3.05, 3.63) is 95.1 Å². The lowest BCUT2D eigenvalue weighted by molar-refractivity contribution is -0.137. The van der Waals surface area contributed by atoms with Gasteiger partial charge in [-0.05, 0) is 47.5 Å². The van der Waals surface area contributed by atoms with Gasteiger partial charge in [0.25, 0.3) is 0 Å². The number of aromatic nitrogens is 1. The summed E-state index contributed by atoms with van der Waals surface area (Å²) < 4.78 is 66.4. The molecule has 32 heavy (non-hydrogen) atoms. The van der Waals surface area contributed by atoms with Crippen LogP contribution in [0.2, 0.25) is 5.02 Å². The molecule has 0 saturated carbocycles. The summed E-state index contributed by atoms with van der Waals surface area (Å²) in [6.07, 6.45) is -2.83. The molecule has 0 aliphatic carbocycles. The van der Waals surface area contributed by atoms with E-state index >= 15 is 0 Å². The third-order valence-electron chi connectivity index (χ3n) is 4.97. The highest BCUT2D eigenvalue weighted by Gasteiger charge is 2.30. The first kappa shape index (κ1) is 22.3. The van der Waals surface area contributed by atoms with Crippen molar-refractivity contribution in [2.45, 2.75) is 17.6 Å². The average molecular weight is 477 g/mol. The molecule has 3 aromatic carbocycles. The highest BCUT2D eigenvalue weighted by atomic mass is 35.5. The van der Waals surface area contributed by atoms with Gasteiger partial charge in [0.05, 0.1) is 16.0 Å². The van der Waals surface area contributed by atoms with Gasteiger partial charge >= 0.3 is 6.18 Å². The number of nitrogens with zero attached hydrogens (tertiary/aromatic N) is 1. The van der Waals surface area contributed by atoms with Gasteiger partial charge in [-0.2, -0.15) is 13.2 Å². The van der Waals surface area contributed by atoms with Crippen LogP contribution in [-0.2, 0) is 22.7 Å². The second-order valence-electron chi connectivity index (χ2n) is 7.03. The van der Waals surface area contributed by atoms with Crippen molar-refractivity contribution in [3.63, 3.8) is 0 Å². The number of rotatable bonds is 5. The maximum atomic E-state index is 12.8. The maximum Gasteiger partial charge on any atom is 0.416 e. The van der Waals surface area contributed by atoms with Crippen LogP contribution in [0.5, 0.6) is 0 Å². The molecule has 0 amide bonds. The van der Waals surface area contributed by atoms with Crippen molar-refractivity contribution in [1.82, 2.24) is 9.71 Å². The number of hydrogen-bond donors (Lipinski definition) is 1. The Kier molecular flexibility index (Phi) is 5.94. The lowest BCUT2D eigenvalue weighted by Gasteiger charge is -2.12. The first-order chi connectivity index (χ1) is 15.1. The molecule has 4 rings (SSSR count). The molecule has 1 heterocycles.